The second-order valence-electron chi connectivity index (χ2n) is 6.76. The maximum atomic E-state index is 12.6. The number of carbonyl (C=O) groups excluding carboxylic acids is 1. The summed E-state index contributed by atoms with van der Waals surface area (Å²) >= 11 is 0. The van der Waals surface area contributed by atoms with Gasteiger partial charge >= 0.3 is 5.76 Å². The molecule has 0 aromatic heterocycles. The van der Waals surface area contributed by atoms with Crippen molar-refractivity contribution < 1.29 is 26.7 Å². The quantitative estimate of drug-likeness (QED) is 0.714. The highest BCUT2D eigenvalue weighted by molar-refractivity contribution is 7.91. The zero-order valence-corrected chi connectivity index (χ0v) is 16.7. The zero-order valence-electron chi connectivity index (χ0n) is 15.9. The number of morpholine rings is 1. The van der Waals surface area contributed by atoms with Crippen molar-refractivity contribution in [1.82, 2.24) is 4.90 Å². The molecule has 3 rings (SSSR count). The van der Waals surface area contributed by atoms with Gasteiger partial charge in [0.05, 0.1) is 18.1 Å². The maximum Gasteiger partial charge on any atom is 0.341 e. The van der Waals surface area contributed by atoms with Crippen molar-refractivity contribution in [1.29, 1.82) is 0 Å². The molecule has 2 aromatic carbocycles. The van der Waals surface area contributed by atoms with Crippen LogP contribution in [0.25, 0.3) is 0 Å². The van der Waals surface area contributed by atoms with E-state index in [1.165, 1.54) is 17.0 Å². The monoisotopic (exact) mass is 424 g/mol. The van der Waals surface area contributed by atoms with Crippen molar-refractivity contribution in [2.75, 3.05) is 38.3 Å². The van der Waals surface area contributed by atoms with Gasteiger partial charge in [-0.1, -0.05) is 12.1 Å². The molecular weight excluding hydrogens is 402 g/mol. The zero-order chi connectivity index (χ0) is 21.0. The van der Waals surface area contributed by atoms with Crippen molar-refractivity contribution in [3.8, 4) is 0 Å². The molecule has 0 aliphatic carbocycles. The third-order valence-corrected chi connectivity index (χ3v) is 6.14. The summed E-state index contributed by atoms with van der Waals surface area (Å²) in [6.07, 6.45) is 0. The molecular formula is C20H22F2N2O4S. The van der Waals surface area contributed by atoms with Crippen LogP contribution in [-0.2, 0) is 21.1 Å². The Balaban J connectivity index is 1.64. The fourth-order valence-corrected chi connectivity index (χ4v) is 3.81. The van der Waals surface area contributed by atoms with Crippen LogP contribution in [0.4, 0.5) is 14.5 Å². The predicted molar refractivity (Wildman–Crippen MR) is 105 cm³/mol. The molecule has 0 atom stereocenters. The Morgan fingerprint density at radius 3 is 2.21 bits per heavy atom. The minimum Gasteiger partial charge on any atom is -0.378 e. The van der Waals surface area contributed by atoms with Crippen molar-refractivity contribution >= 4 is 21.4 Å². The van der Waals surface area contributed by atoms with Crippen LogP contribution in [0, 0.1) is 0 Å². The van der Waals surface area contributed by atoms with E-state index in [-0.39, 0.29) is 11.5 Å². The topological polar surface area (TPSA) is 66.9 Å². The molecule has 29 heavy (non-hydrogen) atoms. The molecule has 0 radical (unpaired) electrons. The first-order valence-corrected chi connectivity index (χ1v) is 10.6. The van der Waals surface area contributed by atoms with E-state index in [0.29, 0.717) is 19.8 Å². The summed E-state index contributed by atoms with van der Waals surface area (Å²) in [4.78, 5) is 15.8. The highest BCUT2D eigenvalue weighted by Crippen LogP contribution is 2.20. The normalized spacial score (nSPS) is 14.8. The second-order valence-corrected chi connectivity index (χ2v) is 8.67. The van der Waals surface area contributed by atoms with Gasteiger partial charge in [-0.2, -0.15) is 8.78 Å². The van der Waals surface area contributed by atoms with Gasteiger partial charge in [-0.3, -0.25) is 4.79 Å². The number of ether oxygens (including phenoxy) is 1. The molecule has 1 fully saturated rings. The van der Waals surface area contributed by atoms with Crippen LogP contribution in [0.15, 0.2) is 53.4 Å². The van der Waals surface area contributed by atoms with E-state index < -0.39 is 20.5 Å². The van der Waals surface area contributed by atoms with Crippen LogP contribution in [0.2, 0.25) is 0 Å². The van der Waals surface area contributed by atoms with Gasteiger partial charge in [0.15, 0.2) is 0 Å². The summed E-state index contributed by atoms with van der Waals surface area (Å²) < 4.78 is 53.5. The van der Waals surface area contributed by atoms with Gasteiger partial charge in [0.25, 0.3) is 5.91 Å². The molecule has 6 nitrogen and oxygen atoms in total. The lowest BCUT2D eigenvalue weighted by molar-refractivity contribution is 0.0785. The number of amides is 1. The van der Waals surface area contributed by atoms with E-state index in [0.717, 1.165) is 36.5 Å². The second kappa shape index (κ2) is 8.87. The van der Waals surface area contributed by atoms with E-state index in [1.807, 2.05) is 24.3 Å². The molecule has 0 bridgehead atoms. The number of sulfone groups is 1. The molecule has 156 valence electrons. The number of halogens is 2. The molecule has 1 heterocycles. The molecule has 1 aliphatic heterocycles. The number of nitrogens with zero attached hydrogens (tertiary/aromatic N) is 2. The third-order valence-electron chi connectivity index (χ3n) is 4.74. The van der Waals surface area contributed by atoms with Crippen LogP contribution >= 0.6 is 0 Å². The van der Waals surface area contributed by atoms with Crippen LogP contribution in [0.3, 0.4) is 0 Å². The smallest absolute Gasteiger partial charge is 0.341 e. The molecule has 0 spiro atoms. The third kappa shape index (κ3) is 4.91. The van der Waals surface area contributed by atoms with E-state index in [2.05, 4.69) is 4.90 Å². The standard InChI is InChI=1S/C20H22F2N2O4S/c1-23(14-15-2-6-17(7-3-15)24-10-12-28-13-11-24)19(25)16-4-8-18(9-5-16)29(26,27)20(21)22/h2-9,20H,10-14H2,1H3. The number of hydrogen-bond donors (Lipinski definition) is 0. The average Bonchev–Trinajstić information content (AvgIpc) is 2.74. The Morgan fingerprint density at radius 2 is 1.66 bits per heavy atom. The summed E-state index contributed by atoms with van der Waals surface area (Å²) in [7, 11) is -3.04. The molecule has 1 aliphatic rings. The van der Waals surface area contributed by atoms with Gasteiger partial charge in [-0.25, -0.2) is 8.42 Å². The van der Waals surface area contributed by atoms with E-state index in [1.54, 1.807) is 7.05 Å². The maximum absolute atomic E-state index is 12.6. The lowest BCUT2D eigenvalue weighted by Gasteiger charge is -2.29. The highest BCUT2D eigenvalue weighted by atomic mass is 32.2. The van der Waals surface area contributed by atoms with Crippen LogP contribution in [0.1, 0.15) is 15.9 Å². The van der Waals surface area contributed by atoms with Crippen molar-refractivity contribution in [3.05, 3.63) is 59.7 Å². The highest BCUT2D eigenvalue weighted by Gasteiger charge is 2.26. The van der Waals surface area contributed by atoms with Crippen molar-refractivity contribution in [2.45, 2.75) is 17.2 Å². The Morgan fingerprint density at radius 1 is 1.07 bits per heavy atom. The first-order chi connectivity index (χ1) is 13.8. The first kappa shape index (κ1) is 21.2. The molecule has 0 unspecified atom stereocenters. The fourth-order valence-electron chi connectivity index (χ4n) is 3.09. The van der Waals surface area contributed by atoms with Gasteiger partial charge in [0.2, 0.25) is 9.84 Å². The van der Waals surface area contributed by atoms with Crippen LogP contribution in [0.5, 0.6) is 0 Å². The summed E-state index contributed by atoms with van der Waals surface area (Å²) in [5.74, 6) is -3.82. The van der Waals surface area contributed by atoms with E-state index in [4.69, 9.17) is 4.74 Å². The first-order valence-electron chi connectivity index (χ1n) is 9.08. The number of alkyl halides is 2. The average molecular weight is 424 g/mol. The minimum absolute atomic E-state index is 0.227. The predicted octanol–water partition coefficient (Wildman–Crippen LogP) is 2.79. The molecule has 1 amide bonds. The molecule has 0 N–H and O–H groups in total. The van der Waals surface area contributed by atoms with E-state index >= 15 is 0 Å². The summed E-state index contributed by atoms with van der Waals surface area (Å²) in [6.45, 7) is 3.45. The van der Waals surface area contributed by atoms with Crippen molar-refractivity contribution in [3.63, 3.8) is 0 Å². The Kier molecular flexibility index (Phi) is 6.49. The number of rotatable bonds is 6. The number of anilines is 1. The number of benzene rings is 2. The SMILES string of the molecule is CN(Cc1ccc(N2CCOCC2)cc1)C(=O)c1ccc(S(=O)(=O)C(F)F)cc1. The molecule has 9 heteroatoms. The largest absolute Gasteiger partial charge is 0.378 e. The van der Waals surface area contributed by atoms with Gasteiger partial charge < -0.3 is 14.5 Å². The summed E-state index contributed by atoms with van der Waals surface area (Å²) in [5.41, 5.74) is 2.27. The number of hydrogen-bond acceptors (Lipinski definition) is 5. The van der Waals surface area contributed by atoms with E-state index in [9.17, 15) is 22.0 Å². The Hall–Kier alpha value is -2.52. The van der Waals surface area contributed by atoms with Gasteiger partial charge in [-0.05, 0) is 42.0 Å². The minimum atomic E-state index is -4.67. The Bertz CT molecular complexity index is 941. The number of carbonyl (C=O) groups is 1. The van der Waals surface area contributed by atoms with Crippen LogP contribution in [-0.4, -0.2) is 58.3 Å². The molecule has 1 saturated heterocycles. The molecule has 0 saturated carbocycles. The fraction of sp³-hybridized carbons (Fsp3) is 0.350. The summed E-state index contributed by atoms with van der Waals surface area (Å²) in [5, 5.41) is 0. The van der Waals surface area contributed by atoms with Gasteiger partial charge in [0.1, 0.15) is 0 Å². The van der Waals surface area contributed by atoms with Gasteiger partial charge in [-0.15, -0.1) is 0 Å². The van der Waals surface area contributed by atoms with Crippen LogP contribution < -0.4 is 4.90 Å². The van der Waals surface area contributed by atoms with Gasteiger partial charge in [0, 0.05) is 37.9 Å². The summed E-state index contributed by atoms with van der Waals surface area (Å²) in [6, 6.07) is 12.5. The van der Waals surface area contributed by atoms with Crippen molar-refractivity contribution in [2.24, 2.45) is 0 Å². The lowest BCUT2D eigenvalue weighted by Crippen LogP contribution is -2.36. The Labute approximate surface area is 168 Å². The molecule has 2 aromatic rings. The lowest BCUT2D eigenvalue weighted by atomic mass is 10.1.